The van der Waals surface area contributed by atoms with Gasteiger partial charge in [-0.1, -0.05) is 19.4 Å². The van der Waals surface area contributed by atoms with Crippen molar-refractivity contribution in [2.45, 2.75) is 33.1 Å². The molecule has 1 fully saturated rings. The average molecular weight is 232 g/mol. The SMILES string of the molecule is Cc1c(N)cccc1NC(=O)C1CCCC1C. The van der Waals surface area contributed by atoms with E-state index in [2.05, 4.69) is 12.2 Å². The van der Waals surface area contributed by atoms with E-state index in [4.69, 9.17) is 5.73 Å². The number of amides is 1. The van der Waals surface area contributed by atoms with Gasteiger partial charge in [-0.3, -0.25) is 4.79 Å². The van der Waals surface area contributed by atoms with E-state index < -0.39 is 0 Å². The van der Waals surface area contributed by atoms with Crippen LogP contribution in [0.5, 0.6) is 0 Å². The van der Waals surface area contributed by atoms with E-state index in [1.165, 1.54) is 0 Å². The number of nitrogens with one attached hydrogen (secondary N) is 1. The highest BCUT2D eigenvalue weighted by molar-refractivity contribution is 5.94. The number of nitrogens with two attached hydrogens (primary N) is 1. The van der Waals surface area contributed by atoms with Crippen molar-refractivity contribution in [3.63, 3.8) is 0 Å². The molecule has 2 rings (SSSR count). The molecule has 3 N–H and O–H groups in total. The van der Waals surface area contributed by atoms with Crippen LogP contribution in [-0.2, 0) is 4.79 Å². The molecule has 1 aromatic rings. The van der Waals surface area contributed by atoms with Crippen molar-refractivity contribution in [3.05, 3.63) is 23.8 Å². The van der Waals surface area contributed by atoms with E-state index in [0.29, 0.717) is 5.92 Å². The van der Waals surface area contributed by atoms with E-state index in [1.54, 1.807) is 0 Å². The number of hydrogen-bond donors (Lipinski definition) is 2. The third-order valence-corrected chi connectivity index (χ3v) is 3.83. The molecule has 3 nitrogen and oxygen atoms in total. The molecule has 1 amide bonds. The summed E-state index contributed by atoms with van der Waals surface area (Å²) in [6.07, 6.45) is 3.33. The minimum Gasteiger partial charge on any atom is -0.398 e. The fraction of sp³-hybridized carbons (Fsp3) is 0.500. The molecule has 0 saturated heterocycles. The Bertz CT molecular complexity index is 428. The lowest BCUT2D eigenvalue weighted by molar-refractivity contribution is -0.120. The first kappa shape index (κ1) is 12.0. The molecule has 0 radical (unpaired) electrons. The lowest BCUT2D eigenvalue weighted by atomic mass is 9.97. The summed E-state index contributed by atoms with van der Waals surface area (Å²) in [6, 6.07) is 5.63. The van der Waals surface area contributed by atoms with Crippen LogP contribution in [0, 0.1) is 18.8 Å². The molecule has 0 aliphatic heterocycles. The quantitative estimate of drug-likeness (QED) is 0.770. The predicted octanol–water partition coefficient (Wildman–Crippen LogP) is 2.95. The van der Waals surface area contributed by atoms with Gasteiger partial charge < -0.3 is 11.1 Å². The Morgan fingerprint density at radius 3 is 2.82 bits per heavy atom. The van der Waals surface area contributed by atoms with Crippen molar-refractivity contribution in [1.29, 1.82) is 0 Å². The third kappa shape index (κ3) is 2.43. The van der Waals surface area contributed by atoms with Crippen molar-refractivity contribution in [1.82, 2.24) is 0 Å². The molecule has 1 aliphatic rings. The average Bonchev–Trinajstić information content (AvgIpc) is 2.71. The van der Waals surface area contributed by atoms with Gasteiger partial charge in [-0.25, -0.2) is 0 Å². The fourth-order valence-electron chi connectivity index (χ4n) is 2.55. The Morgan fingerprint density at radius 1 is 1.41 bits per heavy atom. The summed E-state index contributed by atoms with van der Waals surface area (Å²) in [6.45, 7) is 4.09. The first-order valence-electron chi connectivity index (χ1n) is 6.25. The normalized spacial score (nSPS) is 23.6. The first-order chi connectivity index (χ1) is 8.09. The summed E-state index contributed by atoms with van der Waals surface area (Å²) in [5.41, 5.74) is 8.34. The molecular weight excluding hydrogens is 212 g/mol. The topological polar surface area (TPSA) is 55.1 Å². The zero-order valence-electron chi connectivity index (χ0n) is 10.5. The summed E-state index contributed by atoms with van der Waals surface area (Å²) in [7, 11) is 0. The third-order valence-electron chi connectivity index (χ3n) is 3.83. The lowest BCUT2D eigenvalue weighted by Crippen LogP contribution is -2.25. The van der Waals surface area contributed by atoms with Crippen LogP contribution in [-0.4, -0.2) is 5.91 Å². The van der Waals surface area contributed by atoms with Gasteiger partial charge in [0.1, 0.15) is 0 Å². The van der Waals surface area contributed by atoms with Gasteiger partial charge in [0.2, 0.25) is 5.91 Å². The predicted molar refractivity (Wildman–Crippen MR) is 70.7 cm³/mol. The van der Waals surface area contributed by atoms with Crippen LogP contribution >= 0.6 is 0 Å². The summed E-state index contributed by atoms with van der Waals surface area (Å²) in [5.74, 6) is 0.802. The van der Waals surface area contributed by atoms with E-state index in [-0.39, 0.29) is 11.8 Å². The van der Waals surface area contributed by atoms with Crippen molar-refractivity contribution >= 4 is 17.3 Å². The zero-order chi connectivity index (χ0) is 12.4. The molecule has 1 aliphatic carbocycles. The maximum atomic E-state index is 12.1. The second kappa shape index (κ2) is 4.78. The van der Waals surface area contributed by atoms with Crippen molar-refractivity contribution < 1.29 is 4.79 Å². The van der Waals surface area contributed by atoms with Gasteiger partial charge in [0.05, 0.1) is 0 Å². The second-order valence-electron chi connectivity index (χ2n) is 5.02. The number of carbonyl (C=O) groups excluding carboxylic acids is 1. The first-order valence-corrected chi connectivity index (χ1v) is 6.25. The van der Waals surface area contributed by atoms with E-state index >= 15 is 0 Å². The van der Waals surface area contributed by atoms with Crippen molar-refractivity contribution in [2.24, 2.45) is 11.8 Å². The van der Waals surface area contributed by atoms with Crippen LogP contribution < -0.4 is 11.1 Å². The molecule has 0 aromatic heterocycles. The molecule has 3 heteroatoms. The van der Waals surface area contributed by atoms with Gasteiger partial charge in [-0.05, 0) is 43.4 Å². The van der Waals surface area contributed by atoms with Crippen LogP contribution in [0.4, 0.5) is 11.4 Å². The molecule has 92 valence electrons. The van der Waals surface area contributed by atoms with E-state index in [9.17, 15) is 4.79 Å². The smallest absolute Gasteiger partial charge is 0.227 e. The molecule has 0 bridgehead atoms. The Hall–Kier alpha value is -1.51. The number of anilines is 2. The number of carbonyl (C=O) groups is 1. The second-order valence-corrected chi connectivity index (χ2v) is 5.02. The summed E-state index contributed by atoms with van der Waals surface area (Å²) >= 11 is 0. The highest BCUT2D eigenvalue weighted by Crippen LogP contribution is 2.32. The van der Waals surface area contributed by atoms with Crippen molar-refractivity contribution in [3.8, 4) is 0 Å². The fourth-order valence-corrected chi connectivity index (χ4v) is 2.55. The standard InChI is InChI=1S/C14H20N2O/c1-9-5-3-6-11(9)14(17)16-13-8-4-7-12(15)10(13)2/h4,7-9,11H,3,5-6,15H2,1-2H3,(H,16,17). The summed E-state index contributed by atoms with van der Waals surface area (Å²) in [4.78, 5) is 12.1. The zero-order valence-corrected chi connectivity index (χ0v) is 10.5. The van der Waals surface area contributed by atoms with Crippen LogP contribution in [0.3, 0.4) is 0 Å². The minimum absolute atomic E-state index is 0.142. The van der Waals surface area contributed by atoms with Crippen LogP contribution in [0.25, 0.3) is 0 Å². The van der Waals surface area contributed by atoms with Gasteiger partial charge in [-0.15, -0.1) is 0 Å². The number of hydrogen-bond acceptors (Lipinski definition) is 2. The molecule has 1 saturated carbocycles. The van der Waals surface area contributed by atoms with E-state index in [1.807, 2.05) is 25.1 Å². The molecule has 0 spiro atoms. The summed E-state index contributed by atoms with van der Waals surface area (Å²) in [5, 5.41) is 3.00. The highest BCUT2D eigenvalue weighted by atomic mass is 16.1. The molecule has 2 atom stereocenters. The largest absolute Gasteiger partial charge is 0.398 e. The van der Waals surface area contributed by atoms with E-state index in [0.717, 1.165) is 36.2 Å². The monoisotopic (exact) mass is 232 g/mol. The molecule has 0 heterocycles. The molecule has 2 unspecified atom stereocenters. The van der Waals surface area contributed by atoms with Crippen molar-refractivity contribution in [2.75, 3.05) is 11.1 Å². The Morgan fingerprint density at radius 2 is 2.18 bits per heavy atom. The van der Waals surface area contributed by atoms with Gasteiger partial charge >= 0.3 is 0 Å². The highest BCUT2D eigenvalue weighted by Gasteiger charge is 2.29. The van der Waals surface area contributed by atoms with Gasteiger partial charge in [-0.2, -0.15) is 0 Å². The number of benzene rings is 1. The van der Waals surface area contributed by atoms with Crippen LogP contribution in [0.1, 0.15) is 31.7 Å². The summed E-state index contributed by atoms with van der Waals surface area (Å²) < 4.78 is 0. The van der Waals surface area contributed by atoms with Crippen LogP contribution in [0.15, 0.2) is 18.2 Å². The minimum atomic E-state index is 0.142. The van der Waals surface area contributed by atoms with Gasteiger partial charge in [0.25, 0.3) is 0 Å². The Labute approximate surface area is 102 Å². The maximum absolute atomic E-state index is 12.1. The van der Waals surface area contributed by atoms with Gasteiger partial charge in [0, 0.05) is 17.3 Å². The number of nitrogen functional groups attached to an aromatic ring is 1. The lowest BCUT2D eigenvalue weighted by Gasteiger charge is -2.16. The van der Waals surface area contributed by atoms with Crippen LogP contribution in [0.2, 0.25) is 0 Å². The molecule has 1 aromatic carbocycles. The Kier molecular flexibility index (Phi) is 3.36. The Balaban J connectivity index is 2.10. The maximum Gasteiger partial charge on any atom is 0.227 e. The molecular formula is C14H20N2O. The van der Waals surface area contributed by atoms with Gasteiger partial charge in [0.15, 0.2) is 0 Å². The molecule has 17 heavy (non-hydrogen) atoms. The number of rotatable bonds is 2.